The van der Waals surface area contributed by atoms with Crippen molar-refractivity contribution in [2.45, 2.75) is 13.5 Å². The Hall–Kier alpha value is -1.45. The zero-order valence-corrected chi connectivity index (χ0v) is 15.2. The highest BCUT2D eigenvalue weighted by Gasteiger charge is 2.07. The fourth-order valence-corrected chi connectivity index (χ4v) is 1.49. The summed E-state index contributed by atoms with van der Waals surface area (Å²) in [4.78, 5) is 17.1. The maximum Gasteiger partial charge on any atom is 0.241 e. The van der Waals surface area contributed by atoms with Crippen molar-refractivity contribution in [2.24, 2.45) is 4.99 Å². The summed E-state index contributed by atoms with van der Waals surface area (Å²) in [5.74, 6) is -0.767. The van der Waals surface area contributed by atoms with E-state index in [9.17, 15) is 13.6 Å². The molecule has 0 fully saturated rings. The van der Waals surface area contributed by atoms with Crippen LogP contribution in [0.3, 0.4) is 0 Å². The SMILES string of the molecule is CCNC(=NCc1cc(F)ccc1F)NCC(=O)N(C)C.I. The van der Waals surface area contributed by atoms with Gasteiger partial charge in [-0.15, -0.1) is 24.0 Å². The number of amides is 1. The van der Waals surface area contributed by atoms with Crippen LogP contribution in [0.1, 0.15) is 12.5 Å². The smallest absolute Gasteiger partial charge is 0.241 e. The van der Waals surface area contributed by atoms with Crippen molar-refractivity contribution in [3.05, 3.63) is 35.4 Å². The van der Waals surface area contributed by atoms with Gasteiger partial charge in [-0.25, -0.2) is 13.8 Å². The van der Waals surface area contributed by atoms with Gasteiger partial charge in [0.1, 0.15) is 11.6 Å². The molecule has 0 bridgehead atoms. The second-order valence-electron chi connectivity index (χ2n) is 4.57. The number of carbonyl (C=O) groups excluding carboxylic acids is 1. The summed E-state index contributed by atoms with van der Waals surface area (Å²) in [5.41, 5.74) is 0.158. The van der Waals surface area contributed by atoms with E-state index in [0.29, 0.717) is 12.5 Å². The maximum absolute atomic E-state index is 13.5. The van der Waals surface area contributed by atoms with Gasteiger partial charge in [-0.3, -0.25) is 4.79 Å². The number of hydrogen-bond donors (Lipinski definition) is 2. The van der Waals surface area contributed by atoms with Gasteiger partial charge < -0.3 is 15.5 Å². The van der Waals surface area contributed by atoms with E-state index in [2.05, 4.69) is 15.6 Å². The Bertz CT molecular complexity index is 524. The predicted octanol–water partition coefficient (Wildman–Crippen LogP) is 1.73. The van der Waals surface area contributed by atoms with Crippen molar-refractivity contribution in [3.63, 3.8) is 0 Å². The third kappa shape index (κ3) is 7.01. The molecule has 0 heterocycles. The van der Waals surface area contributed by atoms with Gasteiger partial charge in [-0.1, -0.05) is 0 Å². The van der Waals surface area contributed by atoms with Gasteiger partial charge in [0, 0.05) is 26.2 Å². The molecule has 1 aromatic carbocycles. The summed E-state index contributed by atoms with van der Waals surface area (Å²) in [6.07, 6.45) is 0. The number of halogens is 3. The summed E-state index contributed by atoms with van der Waals surface area (Å²) in [6, 6.07) is 3.23. The molecule has 22 heavy (non-hydrogen) atoms. The number of nitrogens with zero attached hydrogens (tertiary/aromatic N) is 2. The van der Waals surface area contributed by atoms with Crippen LogP contribution >= 0.6 is 24.0 Å². The first-order chi connectivity index (χ1) is 9.93. The fraction of sp³-hybridized carbons (Fsp3) is 0.429. The molecule has 124 valence electrons. The maximum atomic E-state index is 13.5. The molecule has 0 aliphatic carbocycles. The monoisotopic (exact) mass is 426 g/mol. The Kier molecular flexibility index (Phi) is 9.63. The molecule has 0 spiro atoms. The van der Waals surface area contributed by atoms with Crippen molar-refractivity contribution in [1.29, 1.82) is 0 Å². The van der Waals surface area contributed by atoms with Gasteiger partial charge in [0.25, 0.3) is 0 Å². The van der Waals surface area contributed by atoms with Crippen molar-refractivity contribution in [3.8, 4) is 0 Å². The minimum atomic E-state index is -0.514. The van der Waals surface area contributed by atoms with E-state index in [1.807, 2.05) is 6.92 Å². The van der Waals surface area contributed by atoms with Gasteiger partial charge >= 0.3 is 0 Å². The number of hydrogen-bond acceptors (Lipinski definition) is 2. The third-order valence-corrected chi connectivity index (χ3v) is 2.67. The Morgan fingerprint density at radius 2 is 1.95 bits per heavy atom. The van der Waals surface area contributed by atoms with Crippen LogP contribution < -0.4 is 10.6 Å². The van der Waals surface area contributed by atoms with Gasteiger partial charge in [0.05, 0.1) is 13.1 Å². The molecule has 0 aliphatic heterocycles. The Labute approximate surface area is 146 Å². The van der Waals surface area contributed by atoms with Crippen LogP contribution in [0, 0.1) is 11.6 Å². The lowest BCUT2D eigenvalue weighted by Gasteiger charge is -2.14. The second-order valence-corrected chi connectivity index (χ2v) is 4.57. The zero-order chi connectivity index (χ0) is 15.8. The number of guanidine groups is 1. The molecule has 0 saturated heterocycles. The number of likely N-dealkylation sites (N-methyl/N-ethyl adjacent to an activating group) is 1. The quantitative estimate of drug-likeness (QED) is 0.429. The van der Waals surface area contributed by atoms with E-state index in [4.69, 9.17) is 0 Å². The van der Waals surface area contributed by atoms with Crippen LogP contribution in [-0.2, 0) is 11.3 Å². The van der Waals surface area contributed by atoms with E-state index in [1.54, 1.807) is 14.1 Å². The number of carbonyl (C=O) groups is 1. The van der Waals surface area contributed by atoms with E-state index >= 15 is 0 Å². The average molecular weight is 426 g/mol. The summed E-state index contributed by atoms with van der Waals surface area (Å²) in [6.45, 7) is 2.51. The fourth-order valence-electron chi connectivity index (χ4n) is 1.49. The highest BCUT2D eigenvalue weighted by molar-refractivity contribution is 14.0. The molecule has 0 radical (unpaired) electrons. The standard InChI is InChI=1S/C14H20F2N4O.HI/c1-4-17-14(19-9-13(21)20(2)3)18-8-10-7-11(15)5-6-12(10)16;/h5-7H,4,8-9H2,1-3H3,(H2,17,18,19);1H. The largest absolute Gasteiger partial charge is 0.357 e. The molecule has 1 amide bonds. The van der Waals surface area contributed by atoms with Crippen LogP contribution in [0.2, 0.25) is 0 Å². The number of aliphatic imine (C=N–C) groups is 1. The van der Waals surface area contributed by atoms with Crippen molar-refractivity contribution >= 4 is 35.8 Å². The molecule has 0 atom stereocenters. The first-order valence-corrected chi connectivity index (χ1v) is 6.60. The van der Waals surface area contributed by atoms with Crippen molar-refractivity contribution in [2.75, 3.05) is 27.2 Å². The molecule has 5 nitrogen and oxygen atoms in total. The molecule has 8 heteroatoms. The Balaban J connectivity index is 0.00000441. The molecule has 1 rings (SSSR count). The van der Waals surface area contributed by atoms with Gasteiger partial charge in [0.2, 0.25) is 5.91 Å². The van der Waals surface area contributed by atoms with E-state index in [-0.39, 0.29) is 48.5 Å². The van der Waals surface area contributed by atoms with Crippen LogP contribution in [0.5, 0.6) is 0 Å². The highest BCUT2D eigenvalue weighted by atomic mass is 127. The molecule has 1 aromatic rings. The minimum absolute atomic E-state index is 0. The van der Waals surface area contributed by atoms with Crippen molar-refractivity contribution in [1.82, 2.24) is 15.5 Å². The van der Waals surface area contributed by atoms with E-state index < -0.39 is 11.6 Å². The molecular formula is C14H21F2IN4O. The topological polar surface area (TPSA) is 56.7 Å². The second kappa shape index (κ2) is 10.3. The number of benzene rings is 1. The highest BCUT2D eigenvalue weighted by Crippen LogP contribution is 2.10. The lowest BCUT2D eigenvalue weighted by atomic mass is 10.2. The molecule has 0 aromatic heterocycles. The van der Waals surface area contributed by atoms with Gasteiger partial charge in [0.15, 0.2) is 5.96 Å². The first kappa shape index (κ1) is 20.6. The van der Waals surface area contributed by atoms with Crippen molar-refractivity contribution < 1.29 is 13.6 Å². The Morgan fingerprint density at radius 3 is 2.55 bits per heavy atom. The molecule has 0 aliphatic rings. The van der Waals surface area contributed by atoms with Crippen LogP contribution in [0.25, 0.3) is 0 Å². The Morgan fingerprint density at radius 1 is 1.27 bits per heavy atom. The minimum Gasteiger partial charge on any atom is -0.357 e. The summed E-state index contributed by atoms with van der Waals surface area (Å²) in [7, 11) is 3.30. The average Bonchev–Trinajstić information content (AvgIpc) is 2.44. The zero-order valence-electron chi connectivity index (χ0n) is 12.8. The van der Waals surface area contributed by atoms with Gasteiger partial charge in [-0.2, -0.15) is 0 Å². The summed E-state index contributed by atoms with van der Waals surface area (Å²) < 4.78 is 26.6. The summed E-state index contributed by atoms with van der Waals surface area (Å²) >= 11 is 0. The molecule has 0 saturated carbocycles. The lowest BCUT2D eigenvalue weighted by molar-refractivity contribution is -0.127. The van der Waals surface area contributed by atoms with E-state index in [0.717, 1.165) is 18.2 Å². The summed E-state index contributed by atoms with van der Waals surface area (Å²) in [5, 5.41) is 5.77. The third-order valence-electron chi connectivity index (χ3n) is 2.67. The van der Waals surface area contributed by atoms with Crippen LogP contribution in [0.15, 0.2) is 23.2 Å². The first-order valence-electron chi connectivity index (χ1n) is 6.60. The molecular weight excluding hydrogens is 405 g/mol. The lowest BCUT2D eigenvalue weighted by Crippen LogP contribution is -2.42. The number of rotatable bonds is 5. The number of nitrogens with one attached hydrogen (secondary N) is 2. The van der Waals surface area contributed by atoms with Gasteiger partial charge in [-0.05, 0) is 25.1 Å². The molecule has 0 unspecified atom stereocenters. The van der Waals surface area contributed by atoms with Crippen LogP contribution in [0.4, 0.5) is 8.78 Å². The predicted molar refractivity (Wildman–Crippen MR) is 93.3 cm³/mol. The molecule has 2 N–H and O–H groups in total. The van der Waals surface area contributed by atoms with Crippen LogP contribution in [-0.4, -0.2) is 44.0 Å². The normalized spacial score (nSPS) is 10.7. The van der Waals surface area contributed by atoms with E-state index in [1.165, 1.54) is 4.90 Å².